The number of nitrogens with zero attached hydrogens (tertiary/aromatic N) is 3. The second-order valence-corrected chi connectivity index (χ2v) is 8.05. The minimum atomic E-state index is -0.298. The molecule has 0 spiro atoms. The Balaban J connectivity index is 1.44. The lowest BCUT2D eigenvalue weighted by Gasteiger charge is -2.14. The van der Waals surface area contributed by atoms with E-state index < -0.39 is 0 Å². The number of amides is 1. The molecule has 4 rings (SSSR count). The van der Waals surface area contributed by atoms with Crippen LogP contribution in [0, 0.1) is 5.82 Å². The number of aromatic nitrogens is 3. The first-order chi connectivity index (χ1) is 14.7. The van der Waals surface area contributed by atoms with E-state index in [2.05, 4.69) is 15.5 Å². The quantitative estimate of drug-likeness (QED) is 0.557. The van der Waals surface area contributed by atoms with Crippen LogP contribution in [0.4, 0.5) is 4.39 Å². The highest BCUT2D eigenvalue weighted by Crippen LogP contribution is 2.26. The van der Waals surface area contributed by atoms with Gasteiger partial charge in [0.15, 0.2) is 11.0 Å². The van der Waals surface area contributed by atoms with Crippen molar-refractivity contribution >= 4 is 17.7 Å². The average molecular weight is 427 g/mol. The van der Waals surface area contributed by atoms with Crippen molar-refractivity contribution in [1.82, 2.24) is 20.1 Å². The molecule has 1 saturated heterocycles. The molecular formula is C22H23FN4O2S. The van der Waals surface area contributed by atoms with E-state index in [4.69, 9.17) is 4.74 Å². The second-order valence-electron chi connectivity index (χ2n) is 7.11. The van der Waals surface area contributed by atoms with Gasteiger partial charge in [-0.05, 0) is 42.7 Å². The van der Waals surface area contributed by atoms with Crippen LogP contribution >= 0.6 is 11.8 Å². The number of halogens is 1. The van der Waals surface area contributed by atoms with E-state index in [0.717, 1.165) is 30.6 Å². The molecule has 1 amide bonds. The smallest absolute Gasteiger partial charge is 0.230 e. The SMILES string of the molecule is O=C(CSc1nnc(-c2ccc(F)cc2)n1CC1CCCO1)NCc1ccccc1. The Kier molecular flexibility index (Phi) is 6.76. The van der Waals surface area contributed by atoms with Crippen LogP contribution in [0.5, 0.6) is 0 Å². The predicted octanol–water partition coefficient (Wildman–Crippen LogP) is 3.67. The summed E-state index contributed by atoms with van der Waals surface area (Å²) >= 11 is 1.34. The molecule has 1 aliphatic rings. The molecule has 8 heteroatoms. The summed E-state index contributed by atoms with van der Waals surface area (Å²) in [7, 11) is 0. The van der Waals surface area contributed by atoms with Gasteiger partial charge in [0.1, 0.15) is 5.82 Å². The standard InChI is InChI=1S/C22H23FN4O2S/c23-18-10-8-17(9-11-18)21-25-26-22(27(21)14-19-7-4-12-29-19)30-15-20(28)24-13-16-5-2-1-3-6-16/h1-3,5-6,8-11,19H,4,7,12-15H2,(H,24,28). The minimum Gasteiger partial charge on any atom is -0.376 e. The van der Waals surface area contributed by atoms with Gasteiger partial charge in [-0.25, -0.2) is 4.39 Å². The topological polar surface area (TPSA) is 69.0 Å². The molecule has 1 fully saturated rings. The number of rotatable bonds is 8. The van der Waals surface area contributed by atoms with E-state index in [9.17, 15) is 9.18 Å². The Morgan fingerprint density at radius 2 is 1.97 bits per heavy atom. The Morgan fingerprint density at radius 1 is 1.17 bits per heavy atom. The summed E-state index contributed by atoms with van der Waals surface area (Å²) in [6.07, 6.45) is 2.10. The third-order valence-electron chi connectivity index (χ3n) is 4.89. The van der Waals surface area contributed by atoms with Crippen LogP contribution < -0.4 is 5.32 Å². The molecule has 2 heterocycles. The first-order valence-electron chi connectivity index (χ1n) is 9.93. The largest absolute Gasteiger partial charge is 0.376 e. The van der Waals surface area contributed by atoms with E-state index in [-0.39, 0.29) is 23.6 Å². The maximum atomic E-state index is 13.3. The van der Waals surface area contributed by atoms with E-state index in [1.165, 1.54) is 23.9 Å². The maximum absolute atomic E-state index is 13.3. The molecule has 156 valence electrons. The van der Waals surface area contributed by atoms with Crippen LogP contribution in [0.3, 0.4) is 0 Å². The molecule has 0 radical (unpaired) electrons. The lowest BCUT2D eigenvalue weighted by Crippen LogP contribution is -2.25. The third kappa shape index (κ3) is 5.25. The highest BCUT2D eigenvalue weighted by atomic mass is 32.2. The zero-order chi connectivity index (χ0) is 20.8. The first kappa shape index (κ1) is 20.6. The fraction of sp³-hybridized carbons (Fsp3) is 0.318. The highest BCUT2D eigenvalue weighted by Gasteiger charge is 2.22. The van der Waals surface area contributed by atoms with Crippen molar-refractivity contribution in [2.75, 3.05) is 12.4 Å². The van der Waals surface area contributed by atoms with Gasteiger partial charge in [-0.1, -0.05) is 42.1 Å². The van der Waals surface area contributed by atoms with Crippen LogP contribution in [0.2, 0.25) is 0 Å². The summed E-state index contributed by atoms with van der Waals surface area (Å²) in [6, 6.07) is 16.0. The van der Waals surface area contributed by atoms with Crippen molar-refractivity contribution in [3.05, 3.63) is 66.0 Å². The Bertz CT molecular complexity index is 973. The lowest BCUT2D eigenvalue weighted by atomic mass is 10.2. The number of ether oxygens (including phenoxy) is 1. The summed E-state index contributed by atoms with van der Waals surface area (Å²) in [4.78, 5) is 12.3. The predicted molar refractivity (Wildman–Crippen MR) is 113 cm³/mol. The van der Waals surface area contributed by atoms with Crippen molar-refractivity contribution in [2.45, 2.75) is 37.2 Å². The second kappa shape index (κ2) is 9.86. The molecular weight excluding hydrogens is 403 g/mol. The fourth-order valence-corrected chi connectivity index (χ4v) is 4.12. The van der Waals surface area contributed by atoms with Crippen LogP contribution in [0.25, 0.3) is 11.4 Å². The van der Waals surface area contributed by atoms with Gasteiger partial charge < -0.3 is 10.1 Å². The van der Waals surface area contributed by atoms with Gasteiger partial charge in [-0.15, -0.1) is 10.2 Å². The molecule has 0 saturated carbocycles. The minimum absolute atomic E-state index is 0.0705. The van der Waals surface area contributed by atoms with Gasteiger partial charge in [0.25, 0.3) is 0 Å². The fourth-order valence-electron chi connectivity index (χ4n) is 3.34. The molecule has 6 nitrogen and oxygen atoms in total. The number of hydrogen-bond donors (Lipinski definition) is 1. The molecule has 3 aromatic rings. The lowest BCUT2D eigenvalue weighted by molar-refractivity contribution is -0.118. The van der Waals surface area contributed by atoms with Crippen LogP contribution in [-0.2, 0) is 22.6 Å². The van der Waals surface area contributed by atoms with Crippen LogP contribution in [-0.4, -0.2) is 39.1 Å². The summed E-state index contributed by atoms with van der Waals surface area (Å²) in [6.45, 7) is 1.85. The Labute approximate surface area is 178 Å². The summed E-state index contributed by atoms with van der Waals surface area (Å²) in [5, 5.41) is 12.2. The van der Waals surface area contributed by atoms with Crippen molar-refractivity contribution in [3.8, 4) is 11.4 Å². The number of benzene rings is 2. The first-order valence-corrected chi connectivity index (χ1v) is 10.9. The molecule has 2 aromatic carbocycles. The Hall–Kier alpha value is -2.71. The zero-order valence-corrected chi connectivity index (χ0v) is 17.3. The zero-order valence-electron chi connectivity index (χ0n) is 16.5. The van der Waals surface area contributed by atoms with Gasteiger partial charge in [0.05, 0.1) is 18.4 Å². The molecule has 1 unspecified atom stereocenters. The monoisotopic (exact) mass is 426 g/mol. The summed E-state index contributed by atoms with van der Waals surface area (Å²) in [5.74, 6) is 0.519. The molecule has 0 bridgehead atoms. The van der Waals surface area contributed by atoms with E-state index in [1.54, 1.807) is 12.1 Å². The van der Waals surface area contributed by atoms with E-state index in [1.807, 2.05) is 34.9 Å². The van der Waals surface area contributed by atoms with Crippen LogP contribution in [0.1, 0.15) is 18.4 Å². The van der Waals surface area contributed by atoms with E-state index >= 15 is 0 Å². The molecule has 30 heavy (non-hydrogen) atoms. The average Bonchev–Trinajstić information content (AvgIpc) is 3.43. The normalized spacial score (nSPS) is 16.0. The Morgan fingerprint density at radius 3 is 2.70 bits per heavy atom. The van der Waals surface area contributed by atoms with Crippen molar-refractivity contribution < 1.29 is 13.9 Å². The van der Waals surface area contributed by atoms with Crippen molar-refractivity contribution in [2.24, 2.45) is 0 Å². The van der Waals surface area contributed by atoms with Gasteiger partial charge in [0.2, 0.25) is 5.91 Å². The summed E-state index contributed by atoms with van der Waals surface area (Å²) in [5.41, 5.74) is 1.83. The van der Waals surface area contributed by atoms with Gasteiger partial charge >= 0.3 is 0 Å². The number of carbonyl (C=O) groups is 1. The molecule has 1 atom stereocenters. The third-order valence-corrected chi connectivity index (χ3v) is 5.86. The number of nitrogens with one attached hydrogen (secondary N) is 1. The van der Waals surface area contributed by atoms with E-state index in [0.29, 0.717) is 24.1 Å². The van der Waals surface area contributed by atoms with Crippen LogP contribution in [0.15, 0.2) is 59.8 Å². The maximum Gasteiger partial charge on any atom is 0.230 e. The van der Waals surface area contributed by atoms with Crippen molar-refractivity contribution in [3.63, 3.8) is 0 Å². The number of carbonyl (C=O) groups excluding carboxylic acids is 1. The molecule has 1 N–H and O–H groups in total. The number of thioether (sulfide) groups is 1. The molecule has 1 aromatic heterocycles. The van der Waals surface area contributed by atoms with Gasteiger partial charge in [-0.2, -0.15) is 0 Å². The molecule has 0 aliphatic carbocycles. The van der Waals surface area contributed by atoms with Gasteiger partial charge in [-0.3, -0.25) is 9.36 Å². The molecule has 1 aliphatic heterocycles. The summed E-state index contributed by atoms with van der Waals surface area (Å²) < 4.78 is 21.1. The highest BCUT2D eigenvalue weighted by molar-refractivity contribution is 7.99. The number of hydrogen-bond acceptors (Lipinski definition) is 5. The van der Waals surface area contributed by atoms with Crippen molar-refractivity contribution in [1.29, 1.82) is 0 Å². The van der Waals surface area contributed by atoms with Gasteiger partial charge in [0, 0.05) is 18.7 Å².